The first-order valence-electron chi connectivity index (χ1n) is 14.0. The van der Waals surface area contributed by atoms with Gasteiger partial charge in [0.2, 0.25) is 0 Å². The van der Waals surface area contributed by atoms with Crippen molar-refractivity contribution in [1.82, 2.24) is 4.98 Å². The second kappa shape index (κ2) is 12.1. The molecule has 0 spiro atoms. The summed E-state index contributed by atoms with van der Waals surface area (Å²) in [6.45, 7) is 2.92. The maximum atomic E-state index is 12.3. The molecular formula is C37H31NO3S. The van der Waals surface area contributed by atoms with Crippen LogP contribution in [0.2, 0.25) is 0 Å². The Morgan fingerprint density at radius 3 is 1.90 bits per heavy atom. The Balaban J connectivity index is 1.14. The highest BCUT2D eigenvalue weighted by molar-refractivity contribution is 7.96. The summed E-state index contributed by atoms with van der Waals surface area (Å²) >= 11 is 4.14. The zero-order valence-corrected chi connectivity index (χ0v) is 24.3. The van der Waals surface area contributed by atoms with Crippen LogP contribution in [-0.4, -0.2) is 10.1 Å². The number of aromatic nitrogens is 1. The summed E-state index contributed by atoms with van der Waals surface area (Å²) in [5, 5.41) is 3.35. The summed E-state index contributed by atoms with van der Waals surface area (Å²) in [4.78, 5) is 16.9. The summed E-state index contributed by atoms with van der Waals surface area (Å²) < 4.78 is 12.1. The van der Waals surface area contributed by atoms with Crippen molar-refractivity contribution in [2.24, 2.45) is 0 Å². The minimum Gasteiger partial charge on any atom is -0.489 e. The van der Waals surface area contributed by atoms with E-state index >= 15 is 0 Å². The number of fused-ring (bicyclic) bond motifs is 2. The minimum absolute atomic E-state index is 0.170. The molecular weight excluding hydrogens is 538 g/mol. The average molecular weight is 570 g/mol. The van der Waals surface area contributed by atoms with E-state index in [9.17, 15) is 4.79 Å². The third kappa shape index (κ3) is 6.17. The molecule has 1 aromatic heterocycles. The smallest absolute Gasteiger partial charge is 0.187 e. The predicted octanol–water partition coefficient (Wildman–Crippen LogP) is 8.70. The van der Waals surface area contributed by atoms with Crippen LogP contribution in [0.4, 0.5) is 0 Å². The molecule has 0 saturated carbocycles. The molecule has 1 atom stereocenters. The van der Waals surface area contributed by atoms with Gasteiger partial charge in [-0.05, 0) is 69.9 Å². The molecule has 5 heteroatoms. The summed E-state index contributed by atoms with van der Waals surface area (Å²) in [6, 6.07) is 42.7. The monoisotopic (exact) mass is 569 g/mol. The summed E-state index contributed by atoms with van der Waals surface area (Å²) in [6.07, 6.45) is 0.259. The molecule has 0 bridgehead atoms. The number of carbonyl (C=O) groups is 1. The molecule has 1 unspecified atom stereocenters. The largest absolute Gasteiger partial charge is 0.489 e. The maximum absolute atomic E-state index is 12.3. The van der Waals surface area contributed by atoms with E-state index in [-0.39, 0.29) is 11.5 Å². The van der Waals surface area contributed by atoms with Gasteiger partial charge in [-0.25, -0.2) is 4.98 Å². The van der Waals surface area contributed by atoms with Crippen LogP contribution in [0.5, 0.6) is 11.5 Å². The first-order valence-corrected chi connectivity index (χ1v) is 14.4. The molecule has 42 heavy (non-hydrogen) atoms. The van der Waals surface area contributed by atoms with Crippen molar-refractivity contribution in [2.45, 2.75) is 32.0 Å². The lowest BCUT2D eigenvalue weighted by Gasteiger charge is -2.30. The van der Waals surface area contributed by atoms with Gasteiger partial charge in [0.1, 0.15) is 24.7 Å². The molecule has 0 aliphatic carbocycles. The topological polar surface area (TPSA) is 48.4 Å². The summed E-state index contributed by atoms with van der Waals surface area (Å²) in [5.74, 6) is 1.52. The number of rotatable bonds is 10. The van der Waals surface area contributed by atoms with Crippen molar-refractivity contribution in [2.75, 3.05) is 0 Å². The molecule has 6 aromatic rings. The van der Waals surface area contributed by atoms with Crippen molar-refractivity contribution in [3.05, 3.63) is 150 Å². The highest BCUT2D eigenvalue weighted by atomic mass is 32.1. The van der Waals surface area contributed by atoms with Crippen LogP contribution in [0.25, 0.3) is 21.7 Å². The molecule has 0 saturated heterocycles. The molecule has 0 radical (unpaired) electrons. The lowest BCUT2D eigenvalue weighted by molar-refractivity contribution is -0.111. The maximum Gasteiger partial charge on any atom is 0.187 e. The van der Waals surface area contributed by atoms with Crippen molar-refractivity contribution >= 4 is 39.4 Å². The molecule has 0 N–H and O–H groups in total. The molecule has 5 aromatic carbocycles. The summed E-state index contributed by atoms with van der Waals surface area (Å²) in [7, 11) is 0. The van der Waals surface area contributed by atoms with E-state index in [2.05, 4.69) is 60.9 Å². The highest BCUT2D eigenvalue weighted by Gasteiger charge is 2.31. The van der Waals surface area contributed by atoms with Gasteiger partial charge in [-0.1, -0.05) is 91.9 Å². The SMILES string of the molecule is CC(CC(=O)S)(c1ccc(OCc2ccc3ccccc3c2)cc1)c1ccc(OCc2ccc3ccccc3n2)cc1. The van der Waals surface area contributed by atoms with Gasteiger partial charge in [-0.15, -0.1) is 12.6 Å². The van der Waals surface area contributed by atoms with Gasteiger partial charge in [0, 0.05) is 17.2 Å². The van der Waals surface area contributed by atoms with E-state index in [1.54, 1.807) is 0 Å². The predicted molar refractivity (Wildman–Crippen MR) is 172 cm³/mol. The van der Waals surface area contributed by atoms with Crippen LogP contribution in [0.1, 0.15) is 35.7 Å². The third-order valence-corrected chi connectivity index (χ3v) is 7.91. The number of hydrogen-bond acceptors (Lipinski definition) is 4. The van der Waals surface area contributed by atoms with Crippen LogP contribution in [0.3, 0.4) is 0 Å². The quantitative estimate of drug-likeness (QED) is 0.168. The molecule has 1 heterocycles. The Morgan fingerprint density at radius 1 is 0.667 bits per heavy atom. The first-order chi connectivity index (χ1) is 20.5. The van der Waals surface area contributed by atoms with Crippen LogP contribution in [-0.2, 0) is 23.4 Å². The third-order valence-electron chi connectivity index (χ3n) is 7.75. The number of pyridine rings is 1. The number of ether oxygens (including phenoxy) is 2. The molecule has 4 nitrogen and oxygen atoms in total. The lowest BCUT2D eigenvalue weighted by Crippen LogP contribution is -2.26. The Hall–Kier alpha value is -4.61. The van der Waals surface area contributed by atoms with Crippen LogP contribution in [0, 0.1) is 0 Å². The molecule has 208 valence electrons. The number of para-hydroxylation sites is 1. The van der Waals surface area contributed by atoms with Crippen LogP contribution >= 0.6 is 12.6 Å². The average Bonchev–Trinajstić information content (AvgIpc) is 3.02. The summed E-state index contributed by atoms with van der Waals surface area (Å²) in [5.41, 5.74) is 4.39. The molecule has 0 aliphatic heterocycles. The Bertz CT molecular complexity index is 1720. The normalized spacial score (nSPS) is 12.6. The van der Waals surface area contributed by atoms with Crippen LogP contribution < -0.4 is 9.47 Å². The van der Waals surface area contributed by atoms with Gasteiger partial charge in [-0.3, -0.25) is 4.79 Å². The molecule has 0 aliphatic rings. The zero-order valence-electron chi connectivity index (χ0n) is 23.4. The van der Waals surface area contributed by atoms with Crippen LogP contribution in [0.15, 0.2) is 127 Å². The van der Waals surface area contributed by atoms with Gasteiger partial charge in [0.15, 0.2) is 5.12 Å². The lowest BCUT2D eigenvalue weighted by atomic mass is 9.74. The Labute approximate surface area is 251 Å². The first kappa shape index (κ1) is 27.6. The van der Waals surface area contributed by atoms with E-state index in [0.29, 0.717) is 13.2 Å². The fraction of sp³-hybridized carbons (Fsp3) is 0.135. The van der Waals surface area contributed by atoms with Gasteiger partial charge in [-0.2, -0.15) is 0 Å². The van der Waals surface area contributed by atoms with Crippen molar-refractivity contribution < 1.29 is 14.3 Å². The highest BCUT2D eigenvalue weighted by Crippen LogP contribution is 2.37. The molecule has 6 rings (SSSR count). The number of nitrogens with zero attached hydrogens (tertiary/aromatic N) is 1. The Kier molecular flexibility index (Phi) is 7.93. The van der Waals surface area contributed by atoms with E-state index in [1.165, 1.54) is 10.8 Å². The van der Waals surface area contributed by atoms with Crippen molar-refractivity contribution in [1.29, 1.82) is 0 Å². The second-order valence-corrected chi connectivity index (χ2v) is 11.2. The van der Waals surface area contributed by atoms with E-state index in [0.717, 1.165) is 44.8 Å². The standard InChI is InChI=1S/C37H31NO3S/c1-37(23-36(39)42,30-13-18-33(19-14-30)40-24-26-10-11-27-6-2-3-8-29(27)22-26)31-15-20-34(21-16-31)41-25-32-17-12-28-7-4-5-9-35(28)38-32/h2-22H,23-25H2,1H3,(H,39,42). The number of carbonyl (C=O) groups excluding carboxylic acids is 1. The fourth-order valence-corrected chi connectivity index (χ4v) is 5.67. The van der Waals surface area contributed by atoms with E-state index < -0.39 is 5.41 Å². The van der Waals surface area contributed by atoms with Gasteiger partial charge in [0.25, 0.3) is 0 Å². The van der Waals surface area contributed by atoms with E-state index in [1.807, 2.05) is 91.0 Å². The number of thiol groups is 1. The van der Waals surface area contributed by atoms with Gasteiger partial charge >= 0.3 is 0 Å². The van der Waals surface area contributed by atoms with Crippen molar-refractivity contribution in [3.8, 4) is 11.5 Å². The molecule has 0 amide bonds. The zero-order chi connectivity index (χ0) is 28.9. The van der Waals surface area contributed by atoms with Gasteiger partial charge in [0.05, 0.1) is 11.2 Å². The minimum atomic E-state index is -0.561. The fourth-order valence-electron chi connectivity index (χ4n) is 5.35. The van der Waals surface area contributed by atoms with Gasteiger partial charge < -0.3 is 9.47 Å². The second-order valence-electron chi connectivity index (χ2n) is 10.7. The molecule has 0 fully saturated rings. The Morgan fingerprint density at radius 2 is 1.24 bits per heavy atom. The van der Waals surface area contributed by atoms with E-state index in [4.69, 9.17) is 9.47 Å². The van der Waals surface area contributed by atoms with Crippen molar-refractivity contribution in [3.63, 3.8) is 0 Å². The number of hydrogen-bond donors (Lipinski definition) is 1. The number of benzene rings is 5.